The van der Waals surface area contributed by atoms with Gasteiger partial charge in [0.2, 0.25) is 11.9 Å². The van der Waals surface area contributed by atoms with Crippen LogP contribution >= 0.6 is 0 Å². The maximum Gasteiger partial charge on any atom is 0.280 e. The molecule has 0 radical (unpaired) electrons. The summed E-state index contributed by atoms with van der Waals surface area (Å²) in [6.45, 7) is 12.4. The first kappa shape index (κ1) is 31.3. The monoisotopic (exact) mass is 631 g/mol. The van der Waals surface area contributed by atoms with E-state index < -0.39 is 37.9 Å². The van der Waals surface area contributed by atoms with Crippen LogP contribution < -0.4 is 21.2 Å². The summed E-state index contributed by atoms with van der Waals surface area (Å²) in [6.07, 6.45) is -0.546. The van der Waals surface area contributed by atoms with Crippen LogP contribution in [0, 0.1) is 5.92 Å². The lowest BCUT2D eigenvalue weighted by molar-refractivity contribution is -0.215. The first-order chi connectivity index (χ1) is 21.4. The van der Waals surface area contributed by atoms with E-state index in [-0.39, 0.29) is 46.7 Å². The van der Waals surface area contributed by atoms with Gasteiger partial charge in [0.05, 0.1) is 19.0 Å². The van der Waals surface area contributed by atoms with Crippen molar-refractivity contribution in [2.24, 2.45) is 5.92 Å². The average Bonchev–Trinajstić information content (AvgIpc) is 3.65. The second-order valence-corrected chi connectivity index (χ2v) is 17.5. The molecule has 4 heterocycles. The molecule has 45 heavy (non-hydrogen) atoms. The molecule has 11 nitrogen and oxygen atoms in total. The van der Waals surface area contributed by atoms with Crippen LogP contribution in [0.5, 0.6) is 0 Å². The van der Waals surface area contributed by atoms with Gasteiger partial charge in [-0.3, -0.25) is 24.5 Å². The molecule has 2 aliphatic heterocycles. The van der Waals surface area contributed by atoms with E-state index in [1.54, 1.807) is 25.5 Å². The normalized spacial score (nSPS) is 24.9. The number of aromatic amines is 1. The molecule has 12 heteroatoms. The fourth-order valence-corrected chi connectivity index (χ4v) is 11.4. The Labute approximate surface area is 263 Å². The minimum absolute atomic E-state index is 0.0402. The number of methoxy groups -OCH3 is 1. The van der Waals surface area contributed by atoms with Gasteiger partial charge in [-0.2, -0.15) is 4.98 Å². The number of amides is 1. The van der Waals surface area contributed by atoms with E-state index in [0.717, 1.165) is 10.4 Å². The van der Waals surface area contributed by atoms with Crippen molar-refractivity contribution >= 4 is 41.7 Å². The molecule has 2 aromatic heterocycles. The highest BCUT2D eigenvalue weighted by Crippen LogP contribution is 2.51. The highest BCUT2D eigenvalue weighted by molar-refractivity contribution is 6.99. The summed E-state index contributed by atoms with van der Waals surface area (Å²) >= 11 is 0. The number of carbonyl (C=O) groups excluding carboxylic acids is 1. The highest BCUT2D eigenvalue weighted by Gasteiger charge is 2.67. The van der Waals surface area contributed by atoms with Gasteiger partial charge in [0.25, 0.3) is 13.9 Å². The molecule has 2 aromatic carbocycles. The predicted molar refractivity (Wildman–Crippen MR) is 173 cm³/mol. The SMILES string of the molecule is CO[C@H]1[C@H]2O[C@@H](C)[C@]1(CO[Si](c1ccccc1)(c1ccccc1)C(C)(C)C)O[C@H]2n1cnc2c(=O)[nH]c(NC(=O)C(C)C)nc21. The summed E-state index contributed by atoms with van der Waals surface area (Å²) in [6, 6.07) is 20.9. The molecule has 2 bridgehead atoms. The van der Waals surface area contributed by atoms with Crippen molar-refractivity contribution < 1.29 is 23.4 Å². The number of nitrogens with one attached hydrogen (secondary N) is 2. The lowest BCUT2D eigenvalue weighted by Gasteiger charge is -2.46. The molecule has 6 rings (SSSR count). The van der Waals surface area contributed by atoms with Crippen molar-refractivity contribution in [3.05, 3.63) is 77.3 Å². The number of hydrogen-bond donors (Lipinski definition) is 2. The molecule has 1 amide bonds. The number of nitrogens with zero attached hydrogens (tertiary/aromatic N) is 3. The Bertz CT molecular complexity index is 1700. The van der Waals surface area contributed by atoms with Gasteiger partial charge in [0.1, 0.15) is 17.8 Å². The van der Waals surface area contributed by atoms with Gasteiger partial charge in [0.15, 0.2) is 17.4 Å². The quantitative estimate of drug-likeness (QED) is 0.269. The van der Waals surface area contributed by atoms with Gasteiger partial charge in [-0.15, -0.1) is 0 Å². The highest BCUT2D eigenvalue weighted by atomic mass is 28.4. The zero-order valence-electron chi connectivity index (χ0n) is 26.7. The Kier molecular flexibility index (Phi) is 8.07. The van der Waals surface area contributed by atoms with Crippen molar-refractivity contribution in [2.45, 2.75) is 76.7 Å². The smallest absolute Gasteiger partial charge is 0.280 e. The van der Waals surface area contributed by atoms with Crippen LogP contribution in [0.15, 0.2) is 71.8 Å². The van der Waals surface area contributed by atoms with E-state index in [1.807, 2.05) is 19.1 Å². The van der Waals surface area contributed by atoms with E-state index in [9.17, 15) is 9.59 Å². The number of fused-ring (bicyclic) bond motifs is 3. The van der Waals surface area contributed by atoms with Gasteiger partial charge in [0, 0.05) is 13.0 Å². The third kappa shape index (κ3) is 5.05. The zero-order valence-corrected chi connectivity index (χ0v) is 27.7. The number of aromatic nitrogens is 4. The molecular formula is C33H41N5O6Si. The minimum atomic E-state index is -2.91. The van der Waals surface area contributed by atoms with E-state index in [4.69, 9.17) is 18.6 Å². The number of benzene rings is 2. The summed E-state index contributed by atoms with van der Waals surface area (Å²) in [5.74, 6) is -0.522. The molecule has 0 aliphatic carbocycles. The number of ether oxygens (including phenoxy) is 3. The lowest BCUT2D eigenvalue weighted by atomic mass is 9.94. The molecule has 5 atom stereocenters. The average molecular weight is 632 g/mol. The maximum atomic E-state index is 12.9. The van der Waals surface area contributed by atoms with Crippen molar-refractivity contribution in [3.63, 3.8) is 0 Å². The largest absolute Gasteiger partial charge is 0.404 e. The van der Waals surface area contributed by atoms with E-state index in [0.29, 0.717) is 0 Å². The first-order valence-corrected chi connectivity index (χ1v) is 17.2. The topological polar surface area (TPSA) is 130 Å². The van der Waals surface area contributed by atoms with Gasteiger partial charge < -0.3 is 18.6 Å². The fourth-order valence-electron chi connectivity index (χ4n) is 6.80. The van der Waals surface area contributed by atoms with Crippen molar-refractivity contribution in [1.29, 1.82) is 0 Å². The lowest BCUT2D eigenvalue weighted by Crippen LogP contribution is -2.68. The van der Waals surface area contributed by atoms with Gasteiger partial charge in [-0.1, -0.05) is 95.3 Å². The Morgan fingerprint density at radius 1 is 1.11 bits per heavy atom. The van der Waals surface area contributed by atoms with Crippen LogP contribution in [-0.4, -0.2) is 71.4 Å². The molecule has 0 saturated carbocycles. The maximum absolute atomic E-state index is 12.9. The molecule has 238 valence electrons. The molecule has 0 spiro atoms. The van der Waals surface area contributed by atoms with Crippen LogP contribution in [0.1, 0.15) is 47.8 Å². The van der Waals surface area contributed by atoms with Crippen LogP contribution in [0.3, 0.4) is 0 Å². The van der Waals surface area contributed by atoms with E-state index in [2.05, 4.69) is 89.6 Å². The van der Waals surface area contributed by atoms with Crippen molar-refractivity contribution in [1.82, 2.24) is 19.5 Å². The van der Waals surface area contributed by atoms with E-state index >= 15 is 0 Å². The Morgan fingerprint density at radius 3 is 2.29 bits per heavy atom. The number of anilines is 1. The second-order valence-electron chi connectivity index (χ2n) is 13.2. The third-order valence-electron chi connectivity index (χ3n) is 9.11. The number of H-pyrrole nitrogens is 1. The molecule has 2 N–H and O–H groups in total. The number of hydrogen-bond acceptors (Lipinski definition) is 8. The minimum Gasteiger partial charge on any atom is -0.404 e. The number of imidazole rings is 1. The second kappa shape index (κ2) is 11.6. The van der Waals surface area contributed by atoms with Crippen LogP contribution in [0.25, 0.3) is 11.2 Å². The molecule has 0 unspecified atom stereocenters. The summed E-state index contributed by atoms with van der Waals surface area (Å²) in [5, 5.41) is 4.75. The Hall–Kier alpha value is -3.68. The summed E-state index contributed by atoms with van der Waals surface area (Å²) in [4.78, 5) is 36.8. The number of carbonyl (C=O) groups is 1. The Balaban J connectivity index is 1.40. The van der Waals surface area contributed by atoms with Gasteiger partial charge in [-0.25, -0.2) is 4.98 Å². The zero-order chi connectivity index (χ0) is 32.1. The molecule has 2 fully saturated rings. The predicted octanol–water partition coefficient (Wildman–Crippen LogP) is 3.36. The van der Waals surface area contributed by atoms with Crippen LogP contribution in [0.4, 0.5) is 5.95 Å². The standard InChI is InChI=1S/C33H41N5O6Si/c1-20(2)28(39)36-31-35-27-24(29(40)37-31)34-19-38(27)30-25-26(41-7)33(44-30,21(3)43-25)18-42-45(32(4,5)6,22-14-10-8-11-15-22)23-16-12-9-13-17-23/h8-17,19-21,25-26,30H,18H2,1-7H3,(H2,35,36,37,39,40)/t21-,25+,26-,30+,33-/m0/s1. The van der Waals surface area contributed by atoms with Gasteiger partial charge in [-0.05, 0) is 22.3 Å². The molecule has 2 aliphatic rings. The summed E-state index contributed by atoms with van der Waals surface area (Å²) in [5.41, 5.74) is -1.04. The first-order valence-electron chi connectivity index (χ1n) is 15.3. The van der Waals surface area contributed by atoms with Gasteiger partial charge >= 0.3 is 0 Å². The molecule has 4 aromatic rings. The number of rotatable bonds is 9. The van der Waals surface area contributed by atoms with Crippen LogP contribution in [-0.2, 0) is 23.4 Å². The fraction of sp³-hybridized carbons (Fsp3) is 0.455. The van der Waals surface area contributed by atoms with Crippen molar-refractivity contribution in [2.75, 3.05) is 19.0 Å². The summed E-state index contributed by atoms with van der Waals surface area (Å²) < 4.78 is 28.6. The van der Waals surface area contributed by atoms with Crippen molar-refractivity contribution in [3.8, 4) is 0 Å². The third-order valence-corrected chi connectivity index (χ3v) is 14.1. The Morgan fingerprint density at radius 2 is 1.73 bits per heavy atom. The van der Waals surface area contributed by atoms with E-state index in [1.165, 1.54) is 6.33 Å². The van der Waals surface area contributed by atoms with Crippen LogP contribution in [0.2, 0.25) is 5.04 Å². The molecular weight excluding hydrogens is 590 g/mol. The summed E-state index contributed by atoms with van der Waals surface area (Å²) in [7, 11) is -1.26. The molecule has 2 saturated heterocycles.